The molecule has 0 spiro atoms. The number of carbonyl (C=O) groups is 2. The second kappa shape index (κ2) is 8.45. The summed E-state index contributed by atoms with van der Waals surface area (Å²) in [6.07, 6.45) is 5.28. The monoisotopic (exact) mass is 405 g/mol. The van der Waals surface area contributed by atoms with Crippen molar-refractivity contribution in [1.29, 1.82) is 0 Å². The first-order valence-corrected chi connectivity index (χ1v) is 11.6. The van der Waals surface area contributed by atoms with Gasteiger partial charge in [0, 0.05) is 56.7 Å². The van der Waals surface area contributed by atoms with E-state index in [1.165, 1.54) is 19.3 Å². The van der Waals surface area contributed by atoms with Gasteiger partial charge in [-0.2, -0.15) is 16.9 Å². The zero-order valence-electron chi connectivity index (χ0n) is 16.9. The molecule has 0 atom stereocenters. The molecule has 0 radical (unpaired) electrons. The molecule has 2 aliphatic carbocycles. The number of nitrogens with one attached hydrogen (secondary N) is 1. The second-order valence-electron chi connectivity index (χ2n) is 8.39. The molecule has 154 valence electrons. The summed E-state index contributed by atoms with van der Waals surface area (Å²) in [4.78, 5) is 29.3. The van der Waals surface area contributed by atoms with Gasteiger partial charge in [0.1, 0.15) is 5.69 Å². The lowest BCUT2D eigenvalue weighted by Gasteiger charge is -2.42. The van der Waals surface area contributed by atoms with E-state index in [0.29, 0.717) is 18.2 Å². The van der Waals surface area contributed by atoms with Gasteiger partial charge in [0.2, 0.25) is 5.91 Å². The molecule has 3 fully saturated rings. The van der Waals surface area contributed by atoms with E-state index < -0.39 is 0 Å². The number of nitrogens with zero attached hydrogens (tertiary/aromatic N) is 4. The fourth-order valence-electron chi connectivity index (χ4n) is 4.15. The lowest BCUT2D eigenvalue weighted by molar-refractivity contribution is -0.135. The maximum absolute atomic E-state index is 12.6. The molecular formula is C20H31N5O2S. The zero-order valence-corrected chi connectivity index (χ0v) is 17.7. The second-order valence-corrected chi connectivity index (χ2v) is 9.62. The maximum atomic E-state index is 12.6. The maximum Gasteiger partial charge on any atom is 0.269 e. The van der Waals surface area contributed by atoms with Crippen molar-refractivity contribution in [2.24, 2.45) is 7.05 Å². The van der Waals surface area contributed by atoms with E-state index in [2.05, 4.69) is 15.3 Å². The highest BCUT2D eigenvalue weighted by molar-refractivity contribution is 7.99. The van der Waals surface area contributed by atoms with Gasteiger partial charge in [-0.1, -0.05) is 6.42 Å². The smallest absolute Gasteiger partial charge is 0.269 e. The third-order valence-electron chi connectivity index (χ3n) is 6.51. The van der Waals surface area contributed by atoms with Gasteiger partial charge in [0.15, 0.2) is 0 Å². The van der Waals surface area contributed by atoms with Gasteiger partial charge < -0.3 is 10.2 Å². The van der Waals surface area contributed by atoms with Crippen LogP contribution in [0.15, 0.2) is 6.07 Å². The van der Waals surface area contributed by atoms with Crippen molar-refractivity contribution in [1.82, 2.24) is 24.9 Å². The summed E-state index contributed by atoms with van der Waals surface area (Å²) >= 11 is 1.96. The van der Waals surface area contributed by atoms with Crippen molar-refractivity contribution in [2.75, 3.05) is 38.2 Å². The molecule has 2 heterocycles. The number of likely N-dealkylation sites (N-methyl/N-ethyl adjacent to an activating group) is 1. The minimum Gasteiger partial charge on any atom is -0.348 e. The number of hydrogen-bond donors (Lipinski definition) is 1. The summed E-state index contributed by atoms with van der Waals surface area (Å²) in [7, 11) is 3.74. The molecule has 3 aliphatic rings. The molecule has 1 N–H and O–H groups in total. The van der Waals surface area contributed by atoms with Crippen LogP contribution in [-0.4, -0.2) is 81.7 Å². The Morgan fingerprint density at radius 1 is 1.29 bits per heavy atom. The first-order valence-electron chi connectivity index (χ1n) is 10.4. The fraction of sp³-hybridized carbons (Fsp3) is 0.750. The summed E-state index contributed by atoms with van der Waals surface area (Å²) in [5, 5.41) is 7.64. The zero-order chi connectivity index (χ0) is 19.7. The minimum absolute atomic E-state index is 0.0520. The van der Waals surface area contributed by atoms with Gasteiger partial charge in [-0.15, -0.1) is 0 Å². The van der Waals surface area contributed by atoms with Crippen LogP contribution in [0.5, 0.6) is 0 Å². The molecule has 1 saturated heterocycles. The largest absolute Gasteiger partial charge is 0.348 e. The molecular weight excluding hydrogens is 374 g/mol. The van der Waals surface area contributed by atoms with E-state index >= 15 is 0 Å². The highest BCUT2D eigenvalue weighted by Crippen LogP contribution is 2.35. The van der Waals surface area contributed by atoms with Crippen molar-refractivity contribution in [3.05, 3.63) is 17.5 Å². The molecule has 1 aromatic heterocycles. The van der Waals surface area contributed by atoms with E-state index in [4.69, 9.17) is 0 Å². The van der Waals surface area contributed by atoms with Crippen molar-refractivity contribution in [2.45, 2.75) is 50.1 Å². The Bertz CT molecular complexity index is 720. The molecule has 2 amide bonds. The van der Waals surface area contributed by atoms with Crippen molar-refractivity contribution in [3.8, 4) is 0 Å². The average Bonchev–Trinajstić information content (AvgIpc) is 2.97. The topological polar surface area (TPSA) is 70.5 Å². The fourth-order valence-corrected chi connectivity index (χ4v) is 5.13. The Morgan fingerprint density at radius 3 is 2.64 bits per heavy atom. The van der Waals surface area contributed by atoms with E-state index in [0.717, 1.165) is 43.1 Å². The van der Waals surface area contributed by atoms with Crippen LogP contribution in [0, 0.1) is 0 Å². The summed E-state index contributed by atoms with van der Waals surface area (Å²) in [6, 6.07) is 2.32. The molecule has 0 bridgehead atoms. The Balaban J connectivity index is 1.23. The molecule has 8 heteroatoms. The van der Waals surface area contributed by atoms with Gasteiger partial charge in [0.05, 0.1) is 12.2 Å². The van der Waals surface area contributed by atoms with Gasteiger partial charge in [-0.05, 0) is 31.7 Å². The predicted octanol–water partition coefficient (Wildman–Crippen LogP) is 1.46. The third-order valence-corrected chi connectivity index (χ3v) is 7.45. The van der Waals surface area contributed by atoms with Gasteiger partial charge in [-0.25, -0.2) is 0 Å². The first-order chi connectivity index (χ1) is 13.5. The van der Waals surface area contributed by atoms with Crippen LogP contribution in [0.25, 0.3) is 0 Å². The van der Waals surface area contributed by atoms with Gasteiger partial charge in [-0.3, -0.25) is 19.2 Å². The van der Waals surface area contributed by atoms with Crippen LogP contribution < -0.4 is 5.32 Å². The predicted molar refractivity (Wildman–Crippen MR) is 111 cm³/mol. The van der Waals surface area contributed by atoms with E-state index in [1.807, 2.05) is 36.8 Å². The molecule has 1 aliphatic heterocycles. The number of aromatic nitrogens is 2. The summed E-state index contributed by atoms with van der Waals surface area (Å²) in [5.74, 6) is 2.90. The van der Waals surface area contributed by atoms with E-state index in [-0.39, 0.29) is 23.9 Å². The molecule has 7 nitrogen and oxygen atoms in total. The molecule has 0 unspecified atom stereocenters. The third kappa shape index (κ3) is 4.22. The minimum atomic E-state index is -0.0520. The van der Waals surface area contributed by atoms with Gasteiger partial charge in [0.25, 0.3) is 5.91 Å². The quantitative estimate of drug-likeness (QED) is 0.776. The van der Waals surface area contributed by atoms with Crippen LogP contribution in [-0.2, 0) is 11.8 Å². The Labute approximate surface area is 171 Å². The normalized spacial score (nSPS) is 25.6. The number of aryl methyl sites for hydroxylation is 1. The summed E-state index contributed by atoms with van der Waals surface area (Å²) < 4.78 is 1.70. The Kier molecular flexibility index (Phi) is 5.96. The number of amides is 2. The van der Waals surface area contributed by atoms with Crippen LogP contribution in [0.2, 0.25) is 0 Å². The molecule has 0 aromatic carbocycles. The molecule has 2 saturated carbocycles. The Morgan fingerprint density at radius 2 is 2.00 bits per heavy atom. The van der Waals surface area contributed by atoms with Crippen molar-refractivity contribution in [3.63, 3.8) is 0 Å². The summed E-state index contributed by atoms with van der Waals surface area (Å²) in [5.41, 5.74) is 1.68. The highest BCUT2D eigenvalue weighted by Gasteiger charge is 2.36. The highest BCUT2D eigenvalue weighted by atomic mass is 32.2. The lowest BCUT2D eigenvalue weighted by atomic mass is 9.83. The first kappa shape index (κ1) is 19.8. The van der Waals surface area contributed by atoms with Crippen LogP contribution in [0.3, 0.4) is 0 Å². The lowest BCUT2D eigenvalue weighted by Crippen LogP contribution is -2.56. The SMILES string of the molecule is CN(C(=O)CN1CCSCC1)C1CC(NC(=O)c2cc(C3CCC3)nn2C)C1. The standard InChI is InChI=1S/C20H31N5O2S/c1-23(19(26)13-25-6-8-28-9-7-25)16-10-15(11-16)21-20(27)18-12-17(22-24(18)2)14-4-3-5-14/h12,14-16H,3-11,13H2,1-2H3,(H,21,27). The van der Waals surface area contributed by atoms with Crippen molar-refractivity contribution < 1.29 is 9.59 Å². The Hall–Kier alpha value is -1.54. The number of rotatable bonds is 6. The van der Waals surface area contributed by atoms with E-state index in [9.17, 15) is 9.59 Å². The average molecular weight is 406 g/mol. The number of hydrogen-bond acceptors (Lipinski definition) is 5. The molecule has 4 rings (SSSR count). The van der Waals surface area contributed by atoms with Crippen LogP contribution in [0.1, 0.15) is 54.2 Å². The molecule has 28 heavy (non-hydrogen) atoms. The molecule has 1 aromatic rings. The van der Waals surface area contributed by atoms with Crippen molar-refractivity contribution >= 4 is 23.6 Å². The van der Waals surface area contributed by atoms with Gasteiger partial charge >= 0.3 is 0 Å². The number of carbonyl (C=O) groups excluding carboxylic acids is 2. The number of thioether (sulfide) groups is 1. The summed E-state index contributed by atoms with van der Waals surface area (Å²) in [6.45, 7) is 2.52. The van der Waals surface area contributed by atoms with Crippen LogP contribution >= 0.6 is 11.8 Å². The van der Waals surface area contributed by atoms with Crippen LogP contribution in [0.4, 0.5) is 0 Å². The van der Waals surface area contributed by atoms with E-state index in [1.54, 1.807) is 4.68 Å².